The van der Waals surface area contributed by atoms with Gasteiger partial charge in [-0.25, -0.2) is 0 Å². The molecule has 0 saturated carbocycles. The normalized spacial score (nSPS) is 12.0. The molecule has 0 aliphatic rings. The first-order valence-corrected chi connectivity index (χ1v) is 29.7. The van der Waals surface area contributed by atoms with E-state index in [-0.39, 0.29) is 31.1 Å². The van der Waals surface area contributed by atoms with Gasteiger partial charge in [0.05, 0.1) is 0 Å². The van der Waals surface area contributed by atoms with Crippen molar-refractivity contribution in [1.82, 2.24) is 0 Å². The highest BCUT2D eigenvalue weighted by atomic mass is 16.6. The van der Waals surface area contributed by atoms with E-state index in [2.05, 4.69) is 32.9 Å². The Kier molecular flexibility index (Phi) is 54.2. The number of hydrogen-bond acceptors (Lipinski definition) is 6. The van der Waals surface area contributed by atoms with Gasteiger partial charge in [0.1, 0.15) is 13.2 Å². The van der Waals surface area contributed by atoms with Crippen LogP contribution in [-0.2, 0) is 28.6 Å². The molecule has 0 fully saturated rings. The van der Waals surface area contributed by atoms with Crippen molar-refractivity contribution in [2.45, 2.75) is 341 Å². The molecule has 6 heteroatoms. The summed E-state index contributed by atoms with van der Waals surface area (Å²) in [6.07, 6.45) is 63.8. The quantitative estimate of drug-likeness (QED) is 0.0262. The Labute approximate surface area is 411 Å². The molecule has 390 valence electrons. The molecule has 0 rings (SSSR count). The second kappa shape index (κ2) is 55.7. The zero-order valence-electron chi connectivity index (χ0n) is 44.7. The molecule has 0 bridgehead atoms. The van der Waals surface area contributed by atoms with Crippen molar-refractivity contribution in [1.29, 1.82) is 0 Å². The summed E-state index contributed by atoms with van der Waals surface area (Å²) < 4.78 is 16.8. The van der Waals surface area contributed by atoms with Gasteiger partial charge >= 0.3 is 17.9 Å². The highest BCUT2D eigenvalue weighted by Gasteiger charge is 2.19. The number of carbonyl (C=O) groups is 3. The summed E-state index contributed by atoms with van der Waals surface area (Å²) in [6.45, 7) is 6.65. The third kappa shape index (κ3) is 53.1. The van der Waals surface area contributed by atoms with Crippen LogP contribution in [0.4, 0.5) is 0 Å². The van der Waals surface area contributed by atoms with Crippen molar-refractivity contribution in [3.63, 3.8) is 0 Å². The van der Waals surface area contributed by atoms with Crippen molar-refractivity contribution in [2.75, 3.05) is 13.2 Å². The standard InChI is InChI=1S/C60H114O6/c1-4-7-10-13-16-19-21-23-24-25-26-27-28-29-30-31-32-33-34-35-37-38-41-44-47-50-53-59(62)65-56-57(55-64-58(61)52-49-46-43-40-18-15-12-9-6-3)66-60(63)54-51-48-45-42-39-36-22-20-17-14-11-8-5-2/h20,22,57H,4-19,21,23-56H2,1-3H3/b22-20-. The molecule has 0 heterocycles. The van der Waals surface area contributed by atoms with E-state index in [0.29, 0.717) is 19.3 Å². The molecule has 0 amide bonds. The fraction of sp³-hybridized carbons (Fsp3) is 0.917. The van der Waals surface area contributed by atoms with Gasteiger partial charge in [-0.1, -0.05) is 283 Å². The van der Waals surface area contributed by atoms with Crippen LogP contribution < -0.4 is 0 Å². The van der Waals surface area contributed by atoms with Crippen molar-refractivity contribution in [3.8, 4) is 0 Å². The Balaban J connectivity index is 4.08. The molecular weight excluding hydrogens is 817 g/mol. The van der Waals surface area contributed by atoms with Crippen LogP contribution in [0, 0.1) is 0 Å². The number of ether oxygens (including phenoxy) is 3. The second-order valence-corrected chi connectivity index (χ2v) is 20.3. The Hall–Kier alpha value is -1.85. The minimum atomic E-state index is -0.767. The molecule has 0 aliphatic heterocycles. The van der Waals surface area contributed by atoms with Crippen molar-refractivity contribution >= 4 is 17.9 Å². The van der Waals surface area contributed by atoms with Gasteiger partial charge in [0.25, 0.3) is 0 Å². The zero-order chi connectivity index (χ0) is 47.9. The predicted molar refractivity (Wildman–Crippen MR) is 284 cm³/mol. The maximum Gasteiger partial charge on any atom is 0.306 e. The molecule has 0 spiro atoms. The van der Waals surface area contributed by atoms with E-state index in [1.165, 1.54) is 231 Å². The van der Waals surface area contributed by atoms with Gasteiger partial charge in [0.2, 0.25) is 0 Å². The fourth-order valence-electron chi connectivity index (χ4n) is 9.03. The van der Waals surface area contributed by atoms with Crippen LogP contribution in [-0.4, -0.2) is 37.2 Å². The summed E-state index contributed by atoms with van der Waals surface area (Å²) in [5.74, 6) is -0.859. The smallest absolute Gasteiger partial charge is 0.306 e. The monoisotopic (exact) mass is 931 g/mol. The van der Waals surface area contributed by atoms with Gasteiger partial charge in [-0.15, -0.1) is 0 Å². The Bertz CT molecular complexity index is 1020. The van der Waals surface area contributed by atoms with Crippen LogP contribution in [0.5, 0.6) is 0 Å². The highest BCUT2D eigenvalue weighted by molar-refractivity contribution is 5.71. The zero-order valence-corrected chi connectivity index (χ0v) is 44.7. The topological polar surface area (TPSA) is 78.9 Å². The number of rotatable bonds is 55. The molecule has 1 unspecified atom stereocenters. The first kappa shape index (κ1) is 64.2. The minimum Gasteiger partial charge on any atom is -0.462 e. The number of unbranched alkanes of at least 4 members (excludes halogenated alkanes) is 42. The molecule has 0 aliphatic carbocycles. The van der Waals surface area contributed by atoms with Crippen LogP contribution in [0.3, 0.4) is 0 Å². The number of carbonyl (C=O) groups excluding carboxylic acids is 3. The third-order valence-corrected chi connectivity index (χ3v) is 13.5. The van der Waals surface area contributed by atoms with Crippen LogP contribution in [0.2, 0.25) is 0 Å². The van der Waals surface area contributed by atoms with Crippen molar-refractivity contribution < 1.29 is 28.6 Å². The maximum absolute atomic E-state index is 12.8. The summed E-state index contributed by atoms with van der Waals surface area (Å²) in [5.41, 5.74) is 0. The van der Waals surface area contributed by atoms with E-state index in [0.717, 1.165) is 64.2 Å². The summed E-state index contributed by atoms with van der Waals surface area (Å²) in [5, 5.41) is 0. The lowest BCUT2D eigenvalue weighted by Gasteiger charge is -2.18. The molecule has 66 heavy (non-hydrogen) atoms. The predicted octanol–water partition coefficient (Wildman–Crippen LogP) is 19.7. The SMILES string of the molecule is CCCCCC/C=C\CCCCCCCC(=O)OC(COC(=O)CCCCCCCCCCC)COC(=O)CCCCCCCCCCCCCCCCCCCCCCCCCCCC. The first-order chi connectivity index (χ1) is 32.5. The lowest BCUT2D eigenvalue weighted by atomic mass is 10.0. The molecule has 1 atom stereocenters. The highest BCUT2D eigenvalue weighted by Crippen LogP contribution is 2.18. The molecular formula is C60H114O6. The van der Waals surface area contributed by atoms with E-state index in [9.17, 15) is 14.4 Å². The summed E-state index contributed by atoms with van der Waals surface area (Å²) in [6, 6.07) is 0. The minimum absolute atomic E-state index is 0.0680. The van der Waals surface area contributed by atoms with E-state index >= 15 is 0 Å². The average molecular weight is 932 g/mol. The fourth-order valence-corrected chi connectivity index (χ4v) is 9.03. The lowest BCUT2D eigenvalue weighted by molar-refractivity contribution is -0.167. The summed E-state index contributed by atoms with van der Waals surface area (Å²) in [4.78, 5) is 38.0. The van der Waals surface area contributed by atoms with Crippen LogP contribution in [0.15, 0.2) is 12.2 Å². The number of esters is 3. The molecule has 0 aromatic carbocycles. The summed E-state index contributed by atoms with van der Waals surface area (Å²) in [7, 11) is 0. The summed E-state index contributed by atoms with van der Waals surface area (Å²) >= 11 is 0. The number of hydrogen-bond donors (Lipinski definition) is 0. The second-order valence-electron chi connectivity index (χ2n) is 20.3. The Morgan fingerprint density at radius 1 is 0.288 bits per heavy atom. The van der Waals surface area contributed by atoms with Gasteiger partial charge in [-0.05, 0) is 44.9 Å². The third-order valence-electron chi connectivity index (χ3n) is 13.5. The van der Waals surface area contributed by atoms with Gasteiger partial charge in [-0.3, -0.25) is 14.4 Å². The molecule has 0 radical (unpaired) electrons. The van der Waals surface area contributed by atoms with Gasteiger partial charge in [0, 0.05) is 19.3 Å². The molecule has 6 nitrogen and oxygen atoms in total. The Morgan fingerprint density at radius 2 is 0.500 bits per heavy atom. The lowest BCUT2D eigenvalue weighted by Crippen LogP contribution is -2.30. The van der Waals surface area contributed by atoms with Crippen molar-refractivity contribution in [2.24, 2.45) is 0 Å². The first-order valence-electron chi connectivity index (χ1n) is 29.7. The van der Waals surface area contributed by atoms with Crippen LogP contribution in [0.1, 0.15) is 335 Å². The van der Waals surface area contributed by atoms with Crippen LogP contribution in [0.25, 0.3) is 0 Å². The number of allylic oxidation sites excluding steroid dienone is 2. The maximum atomic E-state index is 12.8. The molecule has 0 saturated heterocycles. The van der Waals surface area contributed by atoms with Gasteiger partial charge in [0.15, 0.2) is 6.10 Å². The Morgan fingerprint density at radius 3 is 0.773 bits per heavy atom. The van der Waals surface area contributed by atoms with Gasteiger partial charge in [-0.2, -0.15) is 0 Å². The average Bonchev–Trinajstić information content (AvgIpc) is 3.31. The largest absolute Gasteiger partial charge is 0.462 e. The van der Waals surface area contributed by atoms with E-state index in [1.807, 2.05) is 0 Å². The van der Waals surface area contributed by atoms with E-state index in [1.54, 1.807) is 0 Å². The molecule has 0 aromatic rings. The van der Waals surface area contributed by atoms with Gasteiger partial charge < -0.3 is 14.2 Å². The van der Waals surface area contributed by atoms with Crippen LogP contribution >= 0.6 is 0 Å². The van der Waals surface area contributed by atoms with E-state index < -0.39 is 6.10 Å². The van der Waals surface area contributed by atoms with E-state index in [4.69, 9.17) is 14.2 Å². The molecule has 0 N–H and O–H groups in total. The molecule has 0 aromatic heterocycles. The van der Waals surface area contributed by atoms with Crippen molar-refractivity contribution in [3.05, 3.63) is 12.2 Å².